The molecule has 28 heavy (non-hydrogen) atoms. The van der Waals surface area contributed by atoms with Crippen LogP contribution in [0, 0.1) is 11.3 Å². The topological polar surface area (TPSA) is 83.7 Å². The normalized spacial score (nSPS) is 16.4. The fourth-order valence-corrected chi connectivity index (χ4v) is 3.29. The molecule has 3 rings (SSSR count). The van der Waals surface area contributed by atoms with Gasteiger partial charge in [-0.2, -0.15) is 10.3 Å². The third-order valence-electron chi connectivity index (χ3n) is 4.86. The Hall–Kier alpha value is -2.50. The standard InChI is InChI=1S/C20H22ClN5O2/c1-15(24-8-10-25(28)11-9-24)14-26(19-7-6-18(21)13-23-19)20(27)17-4-2-16(12-22)3-5-17/h2-7,13,15,28H,8-11,14H2,1H3. The molecule has 1 saturated heterocycles. The first-order valence-corrected chi connectivity index (χ1v) is 9.47. The van der Waals surface area contributed by atoms with Gasteiger partial charge in [0.25, 0.3) is 5.91 Å². The van der Waals surface area contributed by atoms with E-state index in [1.54, 1.807) is 41.3 Å². The number of amides is 1. The van der Waals surface area contributed by atoms with Crippen molar-refractivity contribution in [2.75, 3.05) is 37.6 Å². The monoisotopic (exact) mass is 399 g/mol. The number of anilines is 1. The van der Waals surface area contributed by atoms with E-state index in [2.05, 4.69) is 22.9 Å². The Bertz CT molecular complexity index is 842. The fourth-order valence-electron chi connectivity index (χ4n) is 3.18. The Morgan fingerprint density at radius 3 is 2.50 bits per heavy atom. The molecule has 1 amide bonds. The van der Waals surface area contributed by atoms with Gasteiger partial charge in [-0.25, -0.2) is 4.98 Å². The van der Waals surface area contributed by atoms with E-state index in [9.17, 15) is 10.0 Å². The summed E-state index contributed by atoms with van der Waals surface area (Å²) in [5.41, 5.74) is 0.992. The van der Waals surface area contributed by atoms with Gasteiger partial charge in [0.1, 0.15) is 5.82 Å². The van der Waals surface area contributed by atoms with Gasteiger partial charge < -0.3 is 5.21 Å². The number of nitrogens with zero attached hydrogens (tertiary/aromatic N) is 5. The summed E-state index contributed by atoms with van der Waals surface area (Å²) in [6, 6.07) is 12.1. The number of benzene rings is 1. The van der Waals surface area contributed by atoms with Crippen molar-refractivity contribution in [2.24, 2.45) is 0 Å². The SMILES string of the molecule is CC(CN(C(=O)c1ccc(C#N)cc1)c1ccc(Cl)cn1)N1CCN(O)CC1. The summed E-state index contributed by atoms with van der Waals surface area (Å²) < 4.78 is 0. The summed E-state index contributed by atoms with van der Waals surface area (Å²) >= 11 is 5.95. The van der Waals surface area contributed by atoms with Crippen LogP contribution in [0.2, 0.25) is 5.02 Å². The van der Waals surface area contributed by atoms with Crippen molar-refractivity contribution in [3.05, 3.63) is 58.7 Å². The predicted molar refractivity (Wildman–Crippen MR) is 106 cm³/mol. The highest BCUT2D eigenvalue weighted by molar-refractivity contribution is 6.30. The predicted octanol–water partition coefficient (Wildman–Crippen LogP) is 2.65. The van der Waals surface area contributed by atoms with Crippen molar-refractivity contribution in [3.8, 4) is 6.07 Å². The molecule has 0 aliphatic carbocycles. The van der Waals surface area contributed by atoms with Gasteiger partial charge in [0.05, 0.1) is 16.7 Å². The first-order chi connectivity index (χ1) is 13.5. The molecule has 0 spiro atoms. The second-order valence-corrected chi connectivity index (χ2v) is 7.21. The highest BCUT2D eigenvalue weighted by Crippen LogP contribution is 2.19. The molecule has 0 bridgehead atoms. The molecule has 1 aliphatic rings. The molecule has 0 radical (unpaired) electrons. The largest absolute Gasteiger partial charge is 0.314 e. The number of hydrogen-bond donors (Lipinski definition) is 1. The molecule has 1 aromatic carbocycles. The van der Waals surface area contributed by atoms with Crippen LogP contribution < -0.4 is 4.90 Å². The van der Waals surface area contributed by atoms with E-state index < -0.39 is 0 Å². The number of piperazine rings is 1. The molecule has 1 fully saturated rings. The van der Waals surface area contributed by atoms with Gasteiger partial charge in [-0.05, 0) is 43.3 Å². The summed E-state index contributed by atoms with van der Waals surface area (Å²) in [7, 11) is 0. The van der Waals surface area contributed by atoms with Crippen LogP contribution in [0.4, 0.5) is 5.82 Å². The van der Waals surface area contributed by atoms with Gasteiger partial charge in [0, 0.05) is 50.5 Å². The zero-order chi connectivity index (χ0) is 20.1. The second-order valence-electron chi connectivity index (χ2n) is 6.78. The van der Waals surface area contributed by atoms with Crippen molar-refractivity contribution in [1.29, 1.82) is 5.26 Å². The van der Waals surface area contributed by atoms with Gasteiger partial charge >= 0.3 is 0 Å². The van der Waals surface area contributed by atoms with E-state index in [-0.39, 0.29) is 11.9 Å². The lowest BCUT2D eigenvalue weighted by atomic mass is 10.1. The molecule has 146 valence electrons. The van der Waals surface area contributed by atoms with Crippen molar-refractivity contribution in [1.82, 2.24) is 14.9 Å². The molecule has 2 aromatic rings. The Morgan fingerprint density at radius 2 is 1.93 bits per heavy atom. The molecule has 7 nitrogen and oxygen atoms in total. The molecular formula is C20H22ClN5O2. The number of pyridine rings is 1. The van der Waals surface area contributed by atoms with Crippen molar-refractivity contribution >= 4 is 23.3 Å². The number of carbonyl (C=O) groups is 1. The maximum Gasteiger partial charge on any atom is 0.259 e. The Labute approximate surface area is 169 Å². The van der Waals surface area contributed by atoms with Crippen LogP contribution in [0.1, 0.15) is 22.8 Å². The van der Waals surface area contributed by atoms with Gasteiger partial charge in [-0.1, -0.05) is 11.6 Å². The minimum Gasteiger partial charge on any atom is -0.314 e. The number of hydroxylamine groups is 2. The quantitative estimate of drug-likeness (QED) is 0.832. The molecule has 1 atom stereocenters. The zero-order valence-corrected chi connectivity index (χ0v) is 16.4. The highest BCUT2D eigenvalue weighted by atomic mass is 35.5. The summed E-state index contributed by atoms with van der Waals surface area (Å²) in [5.74, 6) is 0.332. The van der Waals surface area contributed by atoms with Crippen molar-refractivity contribution < 1.29 is 10.0 Å². The van der Waals surface area contributed by atoms with E-state index in [1.165, 1.54) is 11.3 Å². The number of halogens is 1. The van der Waals surface area contributed by atoms with E-state index in [4.69, 9.17) is 16.9 Å². The number of carbonyl (C=O) groups excluding carboxylic acids is 1. The number of hydrogen-bond acceptors (Lipinski definition) is 6. The van der Waals surface area contributed by atoms with Crippen LogP contribution in [-0.4, -0.2) is 64.8 Å². The Balaban J connectivity index is 1.83. The molecule has 2 heterocycles. The van der Waals surface area contributed by atoms with Crippen LogP contribution >= 0.6 is 11.6 Å². The maximum atomic E-state index is 13.2. The molecule has 1 aromatic heterocycles. The Kier molecular flexibility index (Phi) is 6.60. The zero-order valence-electron chi connectivity index (χ0n) is 15.6. The first kappa shape index (κ1) is 20.2. The van der Waals surface area contributed by atoms with Crippen LogP contribution in [0.25, 0.3) is 0 Å². The van der Waals surface area contributed by atoms with Crippen molar-refractivity contribution in [2.45, 2.75) is 13.0 Å². The summed E-state index contributed by atoms with van der Waals surface area (Å²) in [5, 5.41) is 20.3. The summed E-state index contributed by atoms with van der Waals surface area (Å²) in [6.45, 7) is 5.11. The minimum atomic E-state index is -0.188. The second kappa shape index (κ2) is 9.13. The summed E-state index contributed by atoms with van der Waals surface area (Å²) in [4.78, 5) is 21.4. The lowest BCUT2D eigenvalue weighted by molar-refractivity contribution is -0.120. The smallest absolute Gasteiger partial charge is 0.259 e. The third-order valence-corrected chi connectivity index (χ3v) is 5.08. The average Bonchev–Trinajstić information content (AvgIpc) is 2.72. The van der Waals surface area contributed by atoms with Gasteiger partial charge in [-0.3, -0.25) is 14.6 Å². The van der Waals surface area contributed by atoms with Gasteiger partial charge in [0.2, 0.25) is 0 Å². The van der Waals surface area contributed by atoms with E-state index in [0.29, 0.717) is 41.6 Å². The summed E-state index contributed by atoms with van der Waals surface area (Å²) in [6.07, 6.45) is 1.52. The number of rotatable bonds is 5. The van der Waals surface area contributed by atoms with E-state index in [0.717, 1.165) is 13.1 Å². The first-order valence-electron chi connectivity index (χ1n) is 9.09. The average molecular weight is 400 g/mol. The van der Waals surface area contributed by atoms with E-state index in [1.807, 2.05) is 0 Å². The van der Waals surface area contributed by atoms with Crippen LogP contribution in [0.5, 0.6) is 0 Å². The molecule has 0 saturated carbocycles. The van der Waals surface area contributed by atoms with Crippen LogP contribution in [-0.2, 0) is 0 Å². The maximum absolute atomic E-state index is 13.2. The third kappa shape index (κ3) is 4.86. The molecule has 1 unspecified atom stereocenters. The van der Waals surface area contributed by atoms with Crippen LogP contribution in [0.15, 0.2) is 42.6 Å². The minimum absolute atomic E-state index is 0.0773. The molecule has 8 heteroatoms. The van der Waals surface area contributed by atoms with E-state index >= 15 is 0 Å². The van der Waals surface area contributed by atoms with Crippen LogP contribution in [0.3, 0.4) is 0 Å². The highest BCUT2D eigenvalue weighted by Gasteiger charge is 2.26. The molecular weight excluding hydrogens is 378 g/mol. The fraction of sp³-hybridized carbons (Fsp3) is 0.350. The van der Waals surface area contributed by atoms with Gasteiger partial charge in [-0.15, -0.1) is 0 Å². The number of nitriles is 1. The van der Waals surface area contributed by atoms with Crippen molar-refractivity contribution in [3.63, 3.8) is 0 Å². The molecule has 1 aliphatic heterocycles. The van der Waals surface area contributed by atoms with Gasteiger partial charge in [0.15, 0.2) is 0 Å². The number of aromatic nitrogens is 1. The molecule has 1 N–H and O–H groups in total. The lowest BCUT2D eigenvalue weighted by Crippen LogP contribution is -2.52. The Morgan fingerprint density at radius 1 is 1.25 bits per heavy atom. The lowest BCUT2D eigenvalue weighted by Gasteiger charge is -2.37.